The Morgan fingerprint density at radius 1 is 1.30 bits per heavy atom. The van der Waals surface area contributed by atoms with Crippen molar-refractivity contribution in [1.29, 1.82) is 0 Å². The molecule has 10 heavy (non-hydrogen) atoms. The Bertz CT molecular complexity index is 109. The van der Waals surface area contributed by atoms with Crippen LogP contribution >= 0.6 is 0 Å². The minimum Gasteiger partial charge on any atom is -0.390 e. The van der Waals surface area contributed by atoms with Gasteiger partial charge in [0, 0.05) is 19.1 Å². The zero-order valence-corrected chi connectivity index (χ0v) is 6.45. The third-order valence-electron chi connectivity index (χ3n) is 2.76. The van der Waals surface area contributed by atoms with E-state index >= 15 is 0 Å². The first-order chi connectivity index (χ1) is 4.75. The molecule has 1 heterocycles. The second-order valence-corrected chi connectivity index (χ2v) is 3.84. The van der Waals surface area contributed by atoms with Gasteiger partial charge in [0.2, 0.25) is 0 Å². The maximum atomic E-state index is 9.01. The molecule has 2 rings (SSSR count). The Kier molecular flexibility index (Phi) is 1.46. The van der Waals surface area contributed by atoms with Gasteiger partial charge in [0.15, 0.2) is 0 Å². The molecule has 1 N–H and O–H groups in total. The molecular formula is C8H15NO. The fourth-order valence-electron chi connectivity index (χ4n) is 1.94. The molecule has 0 aromatic carbocycles. The Hall–Kier alpha value is -0.0800. The largest absolute Gasteiger partial charge is 0.390 e. The van der Waals surface area contributed by atoms with E-state index < -0.39 is 0 Å². The molecule has 0 unspecified atom stereocenters. The SMILES string of the molecule is CC1CC(N2CC(O)C2)C1. The summed E-state index contributed by atoms with van der Waals surface area (Å²) in [5.41, 5.74) is 0. The van der Waals surface area contributed by atoms with Gasteiger partial charge in [-0.3, -0.25) is 4.90 Å². The average molecular weight is 141 g/mol. The van der Waals surface area contributed by atoms with Crippen LogP contribution in [0.1, 0.15) is 19.8 Å². The molecule has 0 bridgehead atoms. The third-order valence-corrected chi connectivity index (χ3v) is 2.76. The summed E-state index contributed by atoms with van der Waals surface area (Å²) in [4.78, 5) is 2.39. The molecule has 1 aliphatic heterocycles. The summed E-state index contributed by atoms with van der Waals surface area (Å²) >= 11 is 0. The monoisotopic (exact) mass is 141 g/mol. The lowest BCUT2D eigenvalue weighted by atomic mass is 9.79. The summed E-state index contributed by atoms with van der Waals surface area (Å²) in [6, 6.07) is 0.818. The Morgan fingerprint density at radius 3 is 2.30 bits per heavy atom. The average Bonchev–Trinajstić information content (AvgIpc) is 1.74. The van der Waals surface area contributed by atoms with E-state index in [4.69, 9.17) is 5.11 Å². The smallest absolute Gasteiger partial charge is 0.0794 e. The van der Waals surface area contributed by atoms with Crippen LogP contribution in [0.15, 0.2) is 0 Å². The van der Waals surface area contributed by atoms with Crippen molar-refractivity contribution in [2.45, 2.75) is 31.9 Å². The van der Waals surface area contributed by atoms with Crippen LogP contribution in [0.4, 0.5) is 0 Å². The molecule has 1 saturated heterocycles. The molecule has 0 spiro atoms. The summed E-state index contributed by atoms with van der Waals surface area (Å²) in [5.74, 6) is 0.933. The molecule has 1 saturated carbocycles. The van der Waals surface area contributed by atoms with Gasteiger partial charge < -0.3 is 5.11 Å². The van der Waals surface area contributed by atoms with Crippen LogP contribution in [0.25, 0.3) is 0 Å². The van der Waals surface area contributed by atoms with E-state index in [1.54, 1.807) is 0 Å². The lowest BCUT2D eigenvalue weighted by Crippen LogP contribution is -2.58. The summed E-state index contributed by atoms with van der Waals surface area (Å²) < 4.78 is 0. The van der Waals surface area contributed by atoms with Crippen molar-refractivity contribution >= 4 is 0 Å². The van der Waals surface area contributed by atoms with Gasteiger partial charge in [-0.1, -0.05) is 6.92 Å². The first kappa shape index (κ1) is 6.62. The minimum absolute atomic E-state index is 0.0177. The highest BCUT2D eigenvalue weighted by Gasteiger charge is 2.36. The molecule has 2 fully saturated rings. The van der Waals surface area contributed by atoms with Crippen molar-refractivity contribution in [3.05, 3.63) is 0 Å². The van der Waals surface area contributed by atoms with Gasteiger partial charge in [-0.05, 0) is 18.8 Å². The van der Waals surface area contributed by atoms with Crippen molar-refractivity contribution in [2.24, 2.45) is 5.92 Å². The zero-order valence-electron chi connectivity index (χ0n) is 6.45. The second-order valence-electron chi connectivity index (χ2n) is 3.84. The van der Waals surface area contributed by atoms with E-state index in [0.717, 1.165) is 25.0 Å². The standard InChI is InChI=1S/C8H15NO/c1-6-2-7(3-6)9-4-8(10)5-9/h6-8,10H,2-5H2,1H3. The summed E-state index contributed by atoms with van der Waals surface area (Å²) in [6.45, 7) is 4.15. The van der Waals surface area contributed by atoms with Crippen molar-refractivity contribution in [3.63, 3.8) is 0 Å². The molecule has 0 amide bonds. The molecular weight excluding hydrogens is 126 g/mol. The lowest BCUT2D eigenvalue weighted by molar-refractivity contribution is -0.0562. The number of aliphatic hydroxyl groups is 1. The first-order valence-corrected chi connectivity index (χ1v) is 4.18. The van der Waals surface area contributed by atoms with Crippen LogP contribution in [0.3, 0.4) is 0 Å². The van der Waals surface area contributed by atoms with Gasteiger partial charge in [0.25, 0.3) is 0 Å². The zero-order chi connectivity index (χ0) is 7.14. The highest BCUT2D eigenvalue weighted by Crippen LogP contribution is 2.33. The second kappa shape index (κ2) is 2.21. The number of aliphatic hydroxyl groups excluding tert-OH is 1. The summed E-state index contributed by atoms with van der Waals surface area (Å²) in [5, 5.41) is 9.01. The molecule has 1 aliphatic carbocycles. The van der Waals surface area contributed by atoms with E-state index in [1.165, 1.54) is 12.8 Å². The normalized spacial score (nSPS) is 42.6. The molecule has 0 atom stereocenters. The van der Waals surface area contributed by atoms with Crippen molar-refractivity contribution < 1.29 is 5.11 Å². The number of nitrogens with zero attached hydrogens (tertiary/aromatic N) is 1. The van der Waals surface area contributed by atoms with Gasteiger partial charge in [-0.25, -0.2) is 0 Å². The Labute approximate surface area is 61.8 Å². The molecule has 2 nitrogen and oxygen atoms in total. The van der Waals surface area contributed by atoms with Crippen LogP contribution < -0.4 is 0 Å². The van der Waals surface area contributed by atoms with E-state index in [0.29, 0.717) is 0 Å². The van der Waals surface area contributed by atoms with Crippen molar-refractivity contribution in [1.82, 2.24) is 4.90 Å². The van der Waals surface area contributed by atoms with Gasteiger partial charge in [0.05, 0.1) is 6.10 Å². The topological polar surface area (TPSA) is 23.5 Å². The van der Waals surface area contributed by atoms with Crippen LogP contribution in [-0.2, 0) is 0 Å². The number of likely N-dealkylation sites (tertiary alicyclic amines) is 1. The predicted octanol–water partition coefficient (Wildman–Crippen LogP) is 0.461. The Balaban J connectivity index is 1.72. The molecule has 58 valence electrons. The molecule has 0 aromatic rings. The highest BCUT2D eigenvalue weighted by atomic mass is 16.3. The van der Waals surface area contributed by atoms with E-state index in [2.05, 4.69) is 11.8 Å². The Morgan fingerprint density at radius 2 is 1.90 bits per heavy atom. The number of rotatable bonds is 1. The minimum atomic E-state index is -0.0177. The van der Waals surface area contributed by atoms with Gasteiger partial charge in [-0.15, -0.1) is 0 Å². The molecule has 2 heteroatoms. The maximum absolute atomic E-state index is 9.01. The summed E-state index contributed by atoms with van der Waals surface area (Å²) in [6.07, 6.45) is 2.69. The van der Waals surface area contributed by atoms with Crippen LogP contribution in [0, 0.1) is 5.92 Å². The van der Waals surface area contributed by atoms with Gasteiger partial charge in [-0.2, -0.15) is 0 Å². The summed E-state index contributed by atoms with van der Waals surface area (Å²) in [7, 11) is 0. The van der Waals surface area contributed by atoms with Crippen molar-refractivity contribution in [3.8, 4) is 0 Å². The van der Waals surface area contributed by atoms with Crippen LogP contribution in [0.2, 0.25) is 0 Å². The maximum Gasteiger partial charge on any atom is 0.0794 e. The van der Waals surface area contributed by atoms with E-state index in [9.17, 15) is 0 Å². The fraction of sp³-hybridized carbons (Fsp3) is 1.00. The fourth-order valence-corrected chi connectivity index (χ4v) is 1.94. The van der Waals surface area contributed by atoms with Crippen LogP contribution in [-0.4, -0.2) is 35.2 Å². The first-order valence-electron chi connectivity index (χ1n) is 4.18. The highest BCUT2D eigenvalue weighted by molar-refractivity contribution is 4.91. The van der Waals surface area contributed by atoms with E-state index in [1.807, 2.05) is 0 Å². The lowest BCUT2D eigenvalue weighted by Gasteiger charge is -2.48. The number of hydrogen-bond donors (Lipinski definition) is 1. The molecule has 0 radical (unpaired) electrons. The van der Waals surface area contributed by atoms with Crippen LogP contribution in [0.5, 0.6) is 0 Å². The van der Waals surface area contributed by atoms with Gasteiger partial charge in [0.1, 0.15) is 0 Å². The number of β-amino-alcohol motifs (C(OH)–C–C–N with tert-alkyl or cyclic N) is 1. The third kappa shape index (κ3) is 0.956. The van der Waals surface area contributed by atoms with Crippen molar-refractivity contribution in [2.75, 3.05) is 13.1 Å². The number of hydrogen-bond acceptors (Lipinski definition) is 2. The predicted molar refractivity (Wildman–Crippen MR) is 39.8 cm³/mol. The molecule has 2 aliphatic rings. The quantitative estimate of drug-likeness (QED) is 0.573. The van der Waals surface area contributed by atoms with E-state index in [-0.39, 0.29) is 6.10 Å². The molecule has 0 aromatic heterocycles. The van der Waals surface area contributed by atoms with Gasteiger partial charge >= 0.3 is 0 Å².